The number of ether oxygens (including phenoxy) is 1. The van der Waals surface area contributed by atoms with Gasteiger partial charge >= 0.3 is 0 Å². The van der Waals surface area contributed by atoms with E-state index in [0.717, 1.165) is 11.1 Å². The first-order chi connectivity index (χ1) is 11.7. The lowest BCUT2D eigenvalue weighted by atomic mass is 10.1. The average Bonchev–Trinajstić information content (AvgIpc) is 2.80. The molecule has 0 aromatic heterocycles. The smallest absolute Gasteiger partial charge is 0.266 e. The van der Waals surface area contributed by atoms with Crippen LogP contribution < -0.4 is 4.31 Å². The summed E-state index contributed by atoms with van der Waals surface area (Å²) in [4.78, 5) is -0.0678. The average molecular weight is 445 g/mol. The Bertz CT molecular complexity index is 884. The van der Waals surface area contributed by atoms with Gasteiger partial charge in [-0.3, -0.25) is 0 Å². The standard InChI is InChI=1S/C18H19BrClNO3S/c1-11(2)24-18-17(19)15-10-13(20)6-9-16(15)21(18)25(22,23)14-7-4-12(3)5-8-14/h4-11,17-18H,1-3H3/t17-,18+/m0/s1. The summed E-state index contributed by atoms with van der Waals surface area (Å²) >= 11 is 9.70. The van der Waals surface area contributed by atoms with Crippen molar-refractivity contribution in [3.8, 4) is 0 Å². The molecule has 4 nitrogen and oxygen atoms in total. The SMILES string of the molecule is Cc1ccc(S(=O)(=O)N2c3ccc(Cl)cc3[C@H](Br)[C@H]2OC(C)C)cc1. The molecule has 0 fully saturated rings. The highest BCUT2D eigenvalue weighted by Crippen LogP contribution is 2.48. The van der Waals surface area contributed by atoms with Crippen LogP contribution in [0.5, 0.6) is 0 Å². The summed E-state index contributed by atoms with van der Waals surface area (Å²) in [5, 5.41) is 0.557. The van der Waals surface area contributed by atoms with Crippen molar-refractivity contribution in [2.45, 2.75) is 42.8 Å². The third-order valence-electron chi connectivity index (χ3n) is 3.99. The van der Waals surface area contributed by atoms with Gasteiger partial charge < -0.3 is 4.74 Å². The van der Waals surface area contributed by atoms with E-state index in [1.54, 1.807) is 42.5 Å². The fourth-order valence-corrected chi connectivity index (χ4v) is 5.49. The number of rotatable bonds is 4. The van der Waals surface area contributed by atoms with Crippen LogP contribution in [0.3, 0.4) is 0 Å². The number of benzene rings is 2. The number of anilines is 1. The number of hydrogen-bond donors (Lipinski definition) is 0. The first-order valence-corrected chi connectivity index (χ1v) is 10.7. The lowest BCUT2D eigenvalue weighted by molar-refractivity contribution is 0.0195. The lowest BCUT2D eigenvalue weighted by Crippen LogP contribution is -2.41. The molecule has 0 spiro atoms. The Morgan fingerprint density at radius 1 is 1.16 bits per heavy atom. The molecule has 25 heavy (non-hydrogen) atoms. The van der Waals surface area contributed by atoms with E-state index in [2.05, 4.69) is 15.9 Å². The molecule has 1 aliphatic heterocycles. The Morgan fingerprint density at radius 3 is 2.40 bits per heavy atom. The second-order valence-corrected chi connectivity index (χ2v) is 9.53. The molecule has 0 bridgehead atoms. The van der Waals surface area contributed by atoms with Gasteiger partial charge in [0, 0.05) is 5.02 Å². The van der Waals surface area contributed by atoms with Crippen LogP contribution in [-0.2, 0) is 14.8 Å². The molecule has 2 aromatic carbocycles. The number of alkyl halides is 1. The van der Waals surface area contributed by atoms with E-state index >= 15 is 0 Å². The summed E-state index contributed by atoms with van der Waals surface area (Å²) in [7, 11) is -3.77. The van der Waals surface area contributed by atoms with Gasteiger partial charge in [-0.25, -0.2) is 12.7 Å². The van der Waals surface area contributed by atoms with Crippen molar-refractivity contribution in [3.05, 3.63) is 58.6 Å². The van der Waals surface area contributed by atoms with E-state index in [9.17, 15) is 8.42 Å². The van der Waals surface area contributed by atoms with Crippen LogP contribution >= 0.6 is 27.5 Å². The van der Waals surface area contributed by atoms with Crippen molar-refractivity contribution in [2.75, 3.05) is 4.31 Å². The molecule has 0 amide bonds. The van der Waals surface area contributed by atoms with Crippen molar-refractivity contribution < 1.29 is 13.2 Å². The van der Waals surface area contributed by atoms with Gasteiger partial charge in [-0.1, -0.05) is 45.2 Å². The fourth-order valence-electron chi connectivity index (χ4n) is 2.85. The third kappa shape index (κ3) is 3.45. The zero-order valence-corrected chi connectivity index (χ0v) is 17.3. The Hall–Kier alpha value is -1.08. The van der Waals surface area contributed by atoms with E-state index in [1.165, 1.54) is 4.31 Å². The van der Waals surface area contributed by atoms with Crippen molar-refractivity contribution >= 4 is 43.2 Å². The molecular weight excluding hydrogens is 426 g/mol. The maximum atomic E-state index is 13.3. The largest absolute Gasteiger partial charge is 0.353 e. The van der Waals surface area contributed by atoms with E-state index in [-0.39, 0.29) is 15.8 Å². The van der Waals surface area contributed by atoms with Gasteiger partial charge in [-0.05, 0) is 56.7 Å². The predicted octanol–water partition coefficient (Wildman–Crippen LogP) is 5.04. The van der Waals surface area contributed by atoms with E-state index in [0.29, 0.717) is 10.7 Å². The van der Waals surface area contributed by atoms with Gasteiger partial charge in [0.15, 0.2) is 6.23 Å². The summed E-state index contributed by atoms with van der Waals surface area (Å²) in [6.07, 6.45) is -0.815. The van der Waals surface area contributed by atoms with Gasteiger partial charge in [0.1, 0.15) is 0 Å². The Morgan fingerprint density at radius 2 is 1.80 bits per heavy atom. The first-order valence-electron chi connectivity index (χ1n) is 7.92. The molecule has 7 heteroatoms. The number of aryl methyl sites for hydroxylation is 1. The van der Waals surface area contributed by atoms with Crippen LogP contribution in [0.25, 0.3) is 0 Å². The minimum Gasteiger partial charge on any atom is -0.353 e. The summed E-state index contributed by atoms with van der Waals surface area (Å²) < 4.78 is 33.9. The second kappa shape index (κ2) is 6.91. The molecule has 1 aliphatic rings. The van der Waals surface area contributed by atoms with E-state index in [4.69, 9.17) is 16.3 Å². The quantitative estimate of drug-likeness (QED) is 0.620. The topological polar surface area (TPSA) is 46.6 Å². The second-order valence-electron chi connectivity index (χ2n) is 6.29. The van der Waals surface area contributed by atoms with Crippen LogP contribution in [0.15, 0.2) is 47.4 Å². The van der Waals surface area contributed by atoms with Gasteiger partial charge in [0.25, 0.3) is 10.0 Å². The molecule has 3 rings (SSSR count). The number of halogens is 2. The minimum atomic E-state index is -3.77. The zero-order chi connectivity index (χ0) is 18.4. The molecule has 2 atom stereocenters. The van der Waals surface area contributed by atoms with Crippen LogP contribution in [0.1, 0.15) is 29.8 Å². The van der Waals surface area contributed by atoms with Crippen molar-refractivity contribution in [1.29, 1.82) is 0 Å². The zero-order valence-electron chi connectivity index (χ0n) is 14.1. The van der Waals surface area contributed by atoms with Crippen LogP contribution in [0.2, 0.25) is 5.02 Å². The fraction of sp³-hybridized carbons (Fsp3) is 0.333. The third-order valence-corrected chi connectivity index (χ3v) is 6.97. The Balaban J connectivity index is 2.15. The lowest BCUT2D eigenvalue weighted by Gasteiger charge is -2.29. The molecule has 0 saturated carbocycles. The maximum absolute atomic E-state index is 13.3. The summed E-state index contributed by atoms with van der Waals surface area (Å²) in [5.41, 5.74) is 2.38. The van der Waals surface area contributed by atoms with Crippen LogP contribution in [0.4, 0.5) is 5.69 Å². The maximum Gasteiger partial charge on any atom is 0.266 e. The highest BCUT2D eigenvalue weighted by atomic mass is 79.9. The summed E-state index contributed by atoms with van der Waals surface area (Å²) in [6, 6.07) is 12.0. The van der Waals surface area contributed by atoms with E-state index < -0.39 is 16.3 Å². The molecule has 134 valence electrons. The monoisotopic (exact) mass is 443 g/mol. The Kier molecular flexibility index (Phi) is 5.17. The van der Waals surface area contributed by atoms with Gasteiger partial charge in [0.2, 0.25) is 0 Å². The van der Waals surface area contributed by atoms with Crippen molar-refractivity contribution in [3.63, 3.8) is 0 Å². The van der Waals surface area contributed by atoms with Crippen LogP contribution in [0, 0.1) is 6.92 Å². The van der Waals surface area contributed by atoms with Crippen molar-refractivity contribution in [1.82, 2.24) is 0 Å². The number of sulfonamides is 1. The van der Waals surface area contributed by atoms with Gasteiger partial charge in [-0.15, -0.1) is 0 Å². The highest BCUT2D eigenvalue weighted by molar-refractivity contribution is 9.09. The normalized spacial score (nSPS) is 20.2. The molecule has 0 N–H and O–H groups in total. The molecular formula is C18H19BrClNO3S. The minimum absolute atomic E-state index is 0.134. The molecule has 0 unspecified atom stereocenters. The number of fused-ring (bicyclic) bond motifs is 1. The van der Waals surface area contributed by atoms with Crippen LogP contribution in [-0.4, -0.2) is 20.7 Å². The van der Waals surface area contributed by atoms with Crippen molar-refractivity contribution in [2.24, 2.45) is 0 Å². The molecule has 0 saturated heterocycles. The highest BCUT2D eigenvalue weighted by Gasteiger charge is 2.45. The molecule has 0 radical (unpaired) electrons. The first kappa shape index (κ1) is 18.7. The summed E-state index contributed by atoms with van der Waals surface area (Å²) in [5.74, 6) is 0. The van der Waals surface area contributed by atoms with E-state index in [1.807, 2.05) is 20.8 Å². The Labute approximate surface area is 161 Å². The molecule has 2 aromatic rings. The molecule has 0 aliphatic carbocycles. The molecule has 1 heterocycles. The van der Waals surface area contributed by atoms with Gasteiger partial charge in [0.05, 0.1) is 21.5 Å². The number of hydrogen-bond acceptors (Lipinski definition) is 3. The van der Waals surface area contributed by atoms with Gasteiger partial charge in [-0.2, -0.15) is 0 Å². The predicted molar refractivity (Wildman–Crippen MR) is 104 cm³/mol. The number of nitrogens with zero attached hydrogens (tertiary/aromatic N) is 1. The summed E-state index contributed by atoms with van der Waals surface area (Å²) in [6.45, 7) is 5.68.